The predicted octanol–water partition coefficient (Wildman–Crippen LogP) is 3.03. The van der Waals surface area contributed by atoms with E-state index < -0.39 is 5.54 Å². The number of nitrogens with one attached hydrogen (secondary N) is 1. The Balaban J connectivity index is 1.71. The fourth-order valence-corrected chi connectivity index (χ4v) is 4.89. The molecule has 2 aliphatic rings. The number of rotatable bonds is 5. The molecule has 138 valence electrons. The van der Waals surface area contributed by atoms with Crippen LogP contribution < -0.4 is 11.1 Å². The van der Waals surface area contributed by atoms with Crippen LogP contribution >= 0.6 is 0 Å². The molecule has 1 heterocycles. The lowest BCUT2D eigenvalue weighted by molar-refractivity contribution is -0.127. The summed E-state index contributed by atoms with van der Waals surface area (Å²) >= 11 is 0. The van der Waals surface area contributed by atoms with Gasteiger partial charge in [-0.25, -0.2) is 0 Å². The van der Waals surface area contributed by atoms with Crippen molar-refractivity contribution in [1.29, 1.82) is 0 Å². The van der Waals surface area contributed by atoms with Crippen LogP contribution in [0.4, 0.5) is 0 Å². The molecule has 2 atom stereocenters. The van der Waals surface area contributed by atoms with E-state index >= 15 is 0 Å². The van der Waals surface area contributed by atoms with Crippen LogP contribution in [0.1, 0.15) is 63.9 Å². The first-order valence-electron chi connectivity index (χ1n) is 9.88. The standard InChI is InChI=1S/C21H33N3O/c1-16(2)23-21(20(22)25)12-14-24(15-13-21)19-11-7-6-10-18(19)17-8-4-3-5-9-17/h3-5,8-9,16,18-19,23H,6-7,10-15H2,1-2H3,(H2,22,25)/t18-,19?/m0/s1. The van der Waals surface area contributed by atoms with Crippen molar-refractivity contribution in [2.24, 2.45) is 5.73 Å². The van der Waals surface area contributed by atoms with Crippen LogP contribution in [0.25, 0.3) is 0 Å². The Bertz CT molecular complexity index is 564. The Morgan fingerprint density at radius 2 is 1.80 bits per heavy atom. The second-order valence-corrected chi connectivity index (χ2v) is 8.15. The Morgan fingerprint density at radius 3 is 2.40 bits per heavy atom. The summed E-state index contributed by atoms with van der Waals surface area (Å²) in [5.41, 5.74) is 6.72. The summed E-state index contributed by atoms with van der Waals surface area (Å²) in [7, 11) is 0. The molecule has 1 aromatic rings. The average Bonchev–Trinajstić information content (AvgIpc) is 2.62. The van der Waals surface area contributed by atoms with Crippen molar-refractivity contribution in [3.63, 3.8) is 0 Å². The maximum absolute atomic E-state index is 12.1. The lowest BCUT2D eigenvalue weighted by Gasteiger charge is -2.47. The molecule has 0 bridgehead atoms. The molecular formula is C21H33N3O. The van der Waals surface area contributed by atoms with E-state index in [0.717, 1.165) is 25.9 Å². The molecule has 1 aromatic carbocycles. The number of piperidine rings is 1. The van der Waals surface area contributed by atoms with Gasteiger partial charge >= 0.3 is 0 Å². The molecule has 1 saturated carbocycles. The quantitative estimate of drug-likeness (QED) is 0.864. The van der Waals surface area contributed by atoms with Crippen molar-refractivity contribution in [1.82, 2.24) is 10.2 Å². The predicted molar refractivity (Wildman–Crippen MR) is 102 cm³/mol. The third kappa shape index (κ3) is 4.06. The summed E-state index contributed by atoms with van der Waals surface area (Å²) in [5, 5.41) is 3.46. The lowest BCUT2D eigenvalue weighted by atomic mass is 9.77. The molecular weight excluding hydrogens is 310 g/mol. The average molecular weight is 344 g/mol. The SMILES string of the molecule is CC(C)NC1(C(N)=O)CCN(C2CCCC[C@H]2c2ccccc2)CC1. The molecule has 1 amide bonds. The number of hydrogen-bond donors (Lipinski definition) is 2. The number of nitrogens with two attached hydrogens (primary N) is 1. The van der Waals surface area contributed by atoms with Crippen LogP contribution in [0.5, 0.6) is 0 Å². The van der Waals surface area contributed by atoms with Gasteiger partial charge in [0.25, 0.3) is 0 Å². The molecule has 1 saturated heterocycles. The van der Waals surface area contributed by atoms with Crippen molar-refractivity contribution in [3.05, 3.63) is 35.9 Å². The Kier molecular flexibility index (Phi) is 5.80. The van der Waals surface area contributed by atoms with Crippen molar-refractivity contribution in [3.8, 4) is 0 Å². The molecule has 3 N–H and O–H groups in total. The number of hydrogen-bond acceptors (Lipinski definition) is 3. The second kappa shape index (κ2) is 7.88. The minimum Gasteiger partial charge on any atom is -0.368 e. The zero-order valence-corrected chi connectivity index (χ0v) is 15.7. The van der Waals surface area contributed by atoms with Crippen molar-refractivity contribution >= 4 is 5.91 Å². The van der Waals surface area contributed by atoms with Gasteiger partial charge < -0.3 is 11.1 Å². The van der Waals surface area contributed by atoms with Crippen LogP contribution in [0.3, 0.4) is 0 Å². The second-order valence-electron chi connectivity index (χ2n) is 8.15. The topological polar surface area (TPSA) is 58.4 Å². The van der Waals surface area contributed by atoms with Gasteiger partial charge in [-0.05, 0) is 51.0 Å². The Labute approximate surface area is 152 Å². The van der Waals surface area contributed by atoms with Crippen molar-refractivity contribution < 1.29 is 4.79 Å². The van der Waals surface area contributed by atoms with Gasteiger partial charge in [-0.1, -0.05) is 43.2 Å². The summed E-state index contributed by atoms with van der Waals surface area (Å²) in [6.45, 7) is 6.08. The number of benzene rings is 1. The highest BCUT2D eigenvalue weighted by Crippen LogP contribution is 2.38. The van der Waals surface area contributed by atoms with Crippen LogP contribution in [0.2, 0.25) is 0 Å². The molecule has 0 radical (unpaired) electrons. The molecule has 1 aliphatic heterocycles. The van der Waals surface area contributed by atoms with Gasteiger partial charge in [-0.2, -0.15) is 0 Å². The highest BCUT2D eigenvalue weighted by Gasteiger charge is 2.42. The summed E-state index contributed by atoms with van der Waals surface area (Å²) < 4.78 is 0. The molecule has 1 aliphatic carbocycles. The summed E-state index contributed by atoms with van der Waals surface area (Å²) in [6.07, 6.45) is 6.81. The van der Waals surface area contributed by atoms with Crippen LogP contribution in [0.15, 0.2) is 30.3 Å². The molecule has 1 unspecified atom stereocenters. The Morgan fingerprint density at radius 1 is 1.16 bits per heavy atom. The molecule has 4 heteroatoms. The molecule has 2 fully saturated rings. The fraction of sp³-hybridized carbons (Fsp3) is 0.667. The first-order valence-corrected chi connectivity index (χ1v) is 9.88. The summed E-state index contributed by atoms with van der Waals surface area (Å²) in [5.74, 6) is 0.429. The van der Waals surface area contributed by atoms with E-state index in [-0.39, 0.29) is 11.9 Å². The molecule has 4 nitrogen and oxygen atoms in total. The first-order chi connectivity index (χ1) is 12.0. The van der Waals surface area contributed by atoms with E-state index in [0.29, 0.717) is 12.0 Å². The van der Waals surface area contributed by atoms with Crippen LogP contribution in [-0.4, -0.2) is 41.5 Å². The number of likely N-dealkylation sites (tertiary alicyclic amines) is 1. The molecule has 25 heavy (non-hydrogen) atoms. The minimum absolute atomic E-state index is 0.191. The summed E-state index contributed by atoms with van der Waals surface area (Å²) in [6, 6.07) is 11.8. The number of carbonyl (C=O) groups excluding carboxylic acids is 1. The van der Waals surface area contributed by atoms with Gasteiger partial charge in [0, 0.05) is 25.2 Å². The zero-order valence-electron chi connectivity index (χ0n) is 15.7. The van der Waals surface area contributed by atoms with Crippen molar-refractivity contribution in [2.45, 2.75) is 75.9 Å². The van der Waals surface area contributed by atoms with Gasteiger partial charge in [-0.3, -0.25) is 9.69 Å². The lowest BCUT2D eigenvalue weighted by Crippen LogP contribution is -2.63. The van der Waals surface area contributed by atoms with Crippen LogP contribution in [-0.2, 0) is 4.79 Å². The monoisotopic (exact) mass is 343 g/mol. The first kappa shape index (κ1) is 18.4. The van der Waals surface area contributed by atoms with Crippen LogP contribution in [0, 0.1) is 0 Å². The molecule has 3 rings (SSSR count). The zero-order chi connectivity index (χ0) is 17.9. The fourth-order valence-electron chi connectivity index (χ4n) is 4.89. The van der Waals surface area contributed by atoms with E-state index in [2.05, 4.69) is 54.4 Å². The normalized spacial score (nSPS) is 27.3. The van der Waals surface area contributed by atoms with E-state index in [1.165, 1.54) is 31.2 Å². The molecule has 0 aromatic heterocycles. The minimum atomic E-state index is -0.526. The van der Waals surface area contributed by atoms with E-state index in [4.69, 9.17) is 5.73 Å². The third-order valence-electron chi connectivity index (χ3n) is 6.11. The largest absolute Gasteiger partial charge is 0.368 e. The highest BCUT2D eigenvalue weighted by molar-refractivity contribution is 5.84. The number of nitrogens with zero attached hydrogens (tertiary/aromatic N) is 1. The maximum Gasteiger partial charge on any atom is 0.237 e. The molecule has 0 spiro atoms. The summed E-state index contributed by atoms with van der Waals surface area (Å²) in [4.78, 5) is 14.7. The number of primary amides is 1. The number of carbonyl (C=O) groups is 1. The Hall–Kier alpha value is -1.39. The van der Waals surface area contributed by atoms with E-state index in [1.807, 2.05) is 0 Å². The van der Waals surface area contributed by atoms with Gasteiger partial charge in [0.1, 0.15) is 5.54 Å². The van der Waals surface area contributed by atoms with Crippen molar-refractivity contribution in [2.75, 3.05) is 13.1 Å². The third-order valence-corrected chi connectivity index (χ3v) is 6.11. The maximum atomic E-state index is 12.1. The van der Waals surface area contributed by atoms with E-state index in [9.17, 15) is 4.79 Å². The smallest absolute Gasteiger partial charge is 0.237 e. The van der Waals surface area contributed by atoms with Gasteiger partial charge in [0.15, 0.2) is 0 Å². The van der Waals surface area contributed by atoms with E-state index in [1.54, 1.807) is 0 Å². The van der Waals surface area contributed by atoms with Gasteiger partial charge in [0.05, 0.1) is 0 Å². The highest BCUT2D eigenvalue weighted by atomic mass is 16.1. The van der Waals surface area contributed by atoms with Gasteiger partial charge in [0.2, 0.25) is 5.91 Å². The van der Waals surface area contributed by atoms with Gasteiger partial charge in [-0.15, -0.1) is 0 Å². The number of amides is 1.